The van der Waals surface area contributed by atoms with E-state index >= 15 is 0 Å². The fraction of sp³-hybridized carbons (Fsp3) is 0. The third-order valence-corrected chi connectivity index (χ3v) is 4.99. The zero-order valence-corrected chi connectivity index (χ0v) is 12.7. The highest BCUT2D eigenvalue weighted by Crippen LogP contribution is 2.07. The van der Waals surface area contributed by atoms with Crippen LogP contribution in [-0.2, 0) is 4.12 Å². The molecule has 0 aliphatic heterocycles. The fourth-order valence-electron chi connectivity index (χ4n) is 1.47. The van der Waals surface area contributed by atoms with Crippen LogP contribution in [0.25, 0.3) is 0 Å². The maximum Gasteiger partial charge on any atom is 0.355 e. The van der Waals surface area contributed by atoms with Crippen LogP contribution in [0.2, 0.25) is 0 Å². The highest BCUT2D eigenvalue weighted by Gasteiger charge is 2.05. The van der Waals surface area contributed by atoms with E-state index in [-0.39, 0.29) is 5.41 Å². The number of hydrogen-bond acceptors (Lipinski definition) is 3. The van der Waals surface area contributed by atoms with Gasteiger partial charge in [0.2, 0.25) is 9.76 Å². The Hall–Kier alpha value is -1.70. The number of carbonyl (C=O) groups is 1. The van der Waals surface area contributed by atoms with Crippen LogP contribution in [0.1, 0.15) is 10.4 Å². The molecule has 0 aliphatic carbocycles. The van der Waals surface area contributed by atoms with Gasteiger partial charge in [-0.15, -0.1) is 0 Å². The minimum absolute atomic E-state index is 0.125. The molecule has 0 aromatic heterocycles. The van der Waals surface area contributed by atoms with E-state index in [1.807, 2.05) is 60.7 Å². The summed E-state index contributed by atoms with van der Waals surface area (Å²) in [6, 6.07) is 18.8. The van der Waals surface area contributed by atoms with Crippen molar-refractivity contribution in [2.45, 2.75) is 0 Å². The molecule has 5 heteroatoms. The Bertz CT molecular complexity index is 488. The lowest BCUT2D eigenvalue weighted by atomic mass is 10.2. The average Bonchev–Trinajstić information content (AvgIpc) is 2.45. The van der Waals surface area contributed by atoms with Gasteiger partial charge in [-0.1, -0.05) is 48.5 Å². The number of rotatable bonds is 6. The van der Waals surface area contributed by atoms with E-state index in [1.165, 1.54) is 0 Å². The largest absolute Gasteiger partial charge is 0.525 e. The van der Waals surface area contributed by atoms with Crippen molar-refractivity contribution in [1.82, 2.24) is 0 Å². The molecule has 0 saturated heterocycles. The van der Waals surface area contributed by atoms with Crippen LogP contribution in [-0.4, -0.2) is 25.2 Å². The van der Waals surface area contributed by atoms with Crippen LogP contribution in [0.5, 0.6) is 5.75 Å². The summed E-state index contributed by atoms with van der Waals surface area (Å²) in [6.45, 7) is 0. The minimum Gasteiger partial charge on any atom is -0.525 e. The molecule has 0 bridgehead atoms. The van der Waals surface area contributed by atoms with E-state index in [0.717, 1.165) is 11.3 Å². The van der Waals surface area contributed by atoms with E-state index in [9.17, 15) is 4.79 Å². The molecular weight excluding hydrogens is 260 g/mol. The summed E-state index contributed by atoms with van der Waals surface area (Å²) in [7, 11) is -2.27. The van der Waals surface area contributed by atoms with Crippen LogP contribution in [0, 0.1) is 0 Å². The molecular formula is C13H14O3Si2. The Morgan fingerprint density at radius 3 is 2.17 bits per heavy atom. The molecule has 2 aromatic carbocycles. The first-order valence-electron chi connectivity index (χ1n) is 5.70. The Morgan fingerprint density at radius 1 is 0.889 bits per heavy atom. The van der Waals surface area contributed by atoms with Crippen molar-refractivity contribution in [2.24, 2.45) is 0 Å². The molecule has 18 heavy (non-hydrogen) atoms. The van der Waals surface area contributed by atoms with Gasteiger partial charge < -0.3 is 8.54 Å². The van der Waals surface area contributed by atoms with Gasteiger partial charge in [0.1, 0.15) is 5.75 Å². The monoisotopic (exact) mass is 274 g/mol. The first-order valence-corrected chi connectivity index (χ1v) is 8.14. The van der Waals surface area contributed by atoms with Gasteiger partial charge in [-0.25, -0.2) is 0 Å². The molecule has 0 amide bonds. The molecule has 0 N–H and O–H groups in total. The topological polar surface area (TPSA) is 35.5 Å². The van der Waals surface area contributed by atoms with Crippen LogP contribution in [0.3, 0.4) is 0 Å². The summed E-state index contributed by atoms with van der Waals surface area (Å²) in [4.78, 5) is 11.8. The Morgan fingerprint density at radius 2 is 1.50 bits per heavy atom. The zero-order chi connectivity index (χ0) is 12.6. The third kappa shape index (κ3) is 3.95. The number of para-hydroxylation sites is 1. The highest BCUT2D eigenvalue weighted by molar-refractivity contribution is 6.75. The summed E-state index contributed by atoms with van der Waals surface area (Å²) in [5.74, 6) is 0.810. The Labute approximate surface area is 111 Å². The van der Waals surface area contributed by atoms with Crippen LogP contribution < -0.4 is 4.43 Å². The maximum atomic E-state index is 11.8. The average molecular weight is 274 g/mol. The van der Waals surface area contributed by atoms with E-state index < -0.39 is 19.8 Å². The molecule has 0 saturated carbocycles. The van der Waals surface area contributed by atoms with Gasteiger partial charge >= 0.3 is 10.0 Å². The molecule has 3 nitrogen and oxygen atoms in total. The van der Waals surface area contributed by atoms with Gasteiger partial charge in [-0.3, -0.25) is 4.79 Å². The number of carbonyl (C=O) groups excluding carboxylic acids is 1. The smallest absolute Gasteiger partial charge is 0.355 e. The summed E-state index contributed by atoms with van der Waals surface area (Å²) in [5, 5.41) is 0.125. The molecule has 0 aliphatic rings. The van der Waals surface area contributed by atoms with Crippen molar-refractivity contribution in [3.05, 3.63) is 66.2 Å². The molecule has 0 radical (unpaired) electrons. The van der Waals surface area contributed by atoms with Gasteiger partial charge in [-0.2, -0.15) is 0 Å². The van der Waals surface area contributed by atoms with Crippen molar-refractivity contribution in [3.8, 4) is 5.75 Å². The summed E-state index contributed by atoms with van der Waals surface area (Å²) < 4.78 is 11.0. The van der Waals surface area contributed by atoms with Crippen LogP contribution in [0.4, 0.5) is 0 Å². The van der Waals surface area contributed by atoms with E-state index in [4.69, 9.17) is 8.54 Å². The van der Waals surface area contributed by atoms with Gasteiger partial charge in [0.25, 0.3) is 0 Å². The fourth-order valence-corrected chi connectivity index (χ4v) is 3.61. The molecule has 0 unspecified atom stereocenters. The van der Waals surface area contributed by atoms with E-state index in [2.05, 4.69) is 0 Å². The van der Waals surface area contributed by atoms with Gasteiger partial charge in [0.15, 0.2) is 5.41 Å². The van der Waals surface area contributed by atoms with Crippen molar-refractivity contribution in [1.29, 1.82) is 0 Å². The van der Waals surface area contributed by atoms with E-state index in [0.29, 0.717) is 0 Å². The van der Waals surface area contributed by atoms with Gasteiger partial charge in [0, 0.05) is 5.56 Å². The SMILES string of the molecule is O=C([SiH2]O[SiH2]Oc1ccccc1)c1ccccc1. The quantitative estimate of drug-likeness (QED) is 0.582. The summed E-state index contributed by atoms with van der Waals surface area (Å²) in [5.41, 5.74) is 0.734. The maximum absolute atomic E-state index is 11.8. The minimum atomic E-state index is -1.18. The summed E-state index contributed by atoms with van der Waals surface area (Å²) >= 11 is 0. The Balaban J connectivity index is 1.72. The lowest BCUT2D eigenvalue weighted by Gasteiger charge is -2.06. The first-order chi connectivity index (χ1) is 8.86. The highest BCUT2D eigenvalue weighted by atomic mass is 28.3. The normalized spacial score (nSPS) is 11.3. The standard InChI is InChI=1S/C13H14O3Si2/c14-13(11-7-3-1-4-8-11)17-16-18-15-12-9-5-2-6-10-12/h1-10H,17-18H2. The first kappa shape index (κ1) is 12.8. The summed E-state index contributed by atoms with van der Waals surface area (Å²) in [6.07, 6.45) is 0. The molecule has 0 heterocycles. The molecule has 0 spiro atoms. The van der Waals surface area contributed by atoms with Crippen molar-refractivity contribution < 1.29 is 13.3 Å². The second-order valence-corrected chi connectivity index (χ2v) is 6.80. The zero-order valence-electron chi connectivity index (χ0n) is 9.91. The molecule has 2 rings (SSSR count). The van der Waals surface area contributed by atoms with Crippen molar-refractivity contribution in [3.63, 3.8) is 0 Å². The van der Waals surface area contributed by atoms with Crippen molar-refractivity contribution >= 4 is 25.2 Å². The number of hydrogen-bond donors (Lipinski definition) is 0. The predicted molar refractivity (Wildman–Crippen MR) is 76.0 cm³/mol. The second kappa shape index (κ2) is 6.90. The second-order valence-electron chi connectivity index (χ2n) is 3.71. The van der Waals surface area contributed by atoms with Crippen LogP contribution in [0.15, 0.2) is 60.7 Å². The lowest BCUT2D eigenvalue weighted by Crippen LogP contribution is -2.18. The number of benzene rings is 2. The Kier molecular flexibility index (Phi) is 4.89. The van der Waals surface area contributed by atoms with E-state index in [1.54, 1.807) is 0 Å². The molecule has 92 valence electrons. The molecule has 2 aromatic rings. The lowest BCUT2D eigenvalue weighted by molar-refractivity contribution is 0.106. The van der Waals surface area contributed by atoms with Crippen LogP contribution >= 0.6 is 0 Å². The van der Waals surface area contributed by atoms with Gasteiger partial charge in [0.05, 0.1) is 0 Å². The molecule has 0 atom stereocenters. The predicted octanol–water partition coefficient (Wildman–Crippen LogP) is 1.01. The van der Waals surface area contributed by atoms with Crippen molar-refractivity contribution in [2.75, 3.05) is 0 Å². The van der Waals surface area contributed by atoms with Gasteiger partial charge in [-0.05, 0) is 12.1 Å². The molecule has 0 fully saturated rings. The third-order valence-electron chi connectivity index (χ3n) is 2.38.